The van der Waals surface area contributed by atoms with Crippen LogP contribution in [0, 0.1) is 17.0 Å². The van der Waals surface area contributed by atoms with E-state index in [2.05, 4.69) is 0 Å². The van der Waals surface area contributed by atoms with Crippen molar-refractivity contribution in [1.29, 1.82) is 5.16 Å². The Morgan fingerprint density at radius 2 is 2.18 bits per heavy atom. The third-order valence-electron chi connectivity index (χ3n) is 2.95. The third-order valence-corrected chi connectivity index (χ3v) is 5.76. The van der Waals surface area contributed by atoms with Crippen molar-refractivity contribution >= 4 is 18.4 Å². The quantitative estimate of drug-likeness (QED) is 0.658. The SMILES string of the molecule is N=[PH](N)SC1CC2CCC1C2. The van der Waals surface area contributed by atoms with Gasteiger partial charge in [0, 0.05) is 5.25 Å². The summed E-state index contributed by atoms with van der Waals surface area (Å²) in [7, 11) is -1.27. The molecule has 4 heteroatoms. The van der Waals surface area contributed by atoms with E-state index in [9.17, 15) is 0 Å². The van der Waals surface area contributed by atoms with Crippen LogP contribution in [0.2, 0.25) is 0 Å². The average Bonchev–Trinajstić information content (AvgIpc) is 2.45. The molecule has 2 rings (SSSR count). The molecule has 0 aromatic carbocycles. The Morgan fingerprint density at radius 1 is 1.36 bits per heavy atom. The highest BCUT2D eigenvalue weighted by Crippen LogP contribution is 2.53. The van der Waals surface area contributed by atoms with E-state index in [4.69, 9.17) is 10.7 Å². The van der Waals surface area contributed by atoms with Gasteiger partial charge in [-0.3, -0.25) is 10.7 Å². The fraction of sp³-hybridized carbons (Fsp3) is 1.00. The molecule has 11 heavy (non-hydrogen) atoms. The summed E-state index contributed by atoms with van der Waals surface area (Å²) in [5, 5.41) is 8.13. The fourth-order valence-electron chi connectivity index (χ4n) is 2.49. The maximum atomic E-state index is 7.37. The Labute approximate surface area is 72.4 Å². The van der Waals surface area contributed by atoms with Gasteiger partial charge >= 0.3 is 0 Å². The van der Waals surface area contributed by atoms with Crippen LogP contribution in [0.25, 0.3) is 0 Å². The summed E-state index contributed by atoms with van der Waals surface area (Å²) in [5.41, 5.74) is 5.54. The minimum Gasteiger partial charge on any atom is -0.297 e. The van der Waals surface area contributed by atoms with Crippen molar-refractivity contribution in [3.63, 3.8) is 0 Å². The molecule has 2 aliphatic rings. The second-order valence-electron chi connectivity index (χ2n) is 3.70. The first-order valence-electron chi connectivity index (χ1n) is 4.26. The zero-order chi connectivity index (χ0) is 7.84. The highest BCUT2D eigenvalue weighted by molar-refractivity contribution is 8.51. The maximum Gasteiger partial charge on any atom is 0.0645 e. The number of fused-ring (bicyclic) bond motifs is 2. The van der Waals surface area contributed by atoms with E-state index in [0.717, 1.165) is 17.1 Å². The van der Waals surface area contributed by atoms with Crippen LogP contribution < -0.4 is 5.50 Å². The predicted octanol–water partition coefficient (Wildman–Crippen LogP) is 2.67. The molecule has 3 N–H and O–H groups in total. The maximum absolute atomic E-state index is 7.37. The molecule has 0 heterocycles. The van der Waals surface area contributed by atoms with E-state index in [1.807, 2.05) is 0 Å². The first-order chi connectivity index (χ1) is 5.25. The Morgan fingerprint density at radius 3 is 2.64 bits per heavy atom. The highest BCUT2D eigenvalue weighted by atomic mass is 32.7. The van der Waals surface area contributed by atoms with Gasteiger partial charge in [-0.2, -0.15) is 0 Å². The van der Waals surface area contributed by atoms with Crippen molar-refractivity contribution in [2.24, 2.45) is 17.3 Å². The molecule has 2 bridgehead atoms. The highest BCUT2D eigenvalue weighted by Gasteiger charge is 2.39. The summed E-state index contributed by atoms with van der Waals surface area (Å²) >= 11 is 1.77. The van der Waals surface area contributed by atoms with Gasteiger partial charge in [0.2, 0.25) is 0 Å². The molecular formula is C7H15N2PS. The molecule has 2 fully saturated rings. The van der Waals surface area contributed by atoms with Crippen LogP contribution in [0.5, 0.6) is 0 Å². The second kappa shape index (κ2) is 3.12. The van der Waals surface area contributed by atoms with Crippen molar-refractivity contribution in [3.8, 4) is 0 Å². The van der Waals surface area contributed by atoms with E-state index in [0.29, 0.717) is 0 Å². The molecule has 0 radical (unpaired) electrons. The Bertz CT molecular complexity index is 185. The predicted molar refractivity (Wildman–Crippen MR) is 52.0 cm³/mol. The number of rotatable bonds is 2. The molecule has 2 nitrogen and oxygen atoms in total. The minimum atomic E-state index is -1.27. The lowest BCUT2D eigenvalue weighted by atomic mass is 10.0. The molecule has 2 aliphatic carbocycles. The molecule has 0 aromatic heterocycles. The molecule has 0 saturated heterocycles. The Kier molecular flexibility index (Phi) is 2.31. The molecule has 4 unspecified atom stereocenters. The van der Waals surface area contributed by atoms with E-state index in [1.165, 1.54) is 25.7 Å². The summed E-state index contributed by atoms with van der Waals surface area (Å²) < 4.78 is 0. The molecule has 0 aliphatic heterocycles. The second-order valence-corrected chi connectivity index (χ2v) is 7.29. The van der Waals surface area contributed by atoms with Crippen molar-refractivity contribution in [3.05, 3.63) is 0 Å². The molecule has 2 saturated carbocycles. The van der Waals surface area contributed by atoms with Crippen molar-refractivity contribution in [1.82, 2.24) is 0 Å². The summed E-state index contributed by atoms with van der Waals surface area (Å²) in [6, 6.07) is 0. The van der Waals surface area contributed by atoms with Gasteiger partial charge in [0.1, 0.15) is 0 Å². The van der Waals surface area contributed by atoms with Crippen molar-refractivity contribution < 1.29 is 0 Å². The minimum absolute atomic E-state index is 0.769. The Hall–Kier alpha value is 0.540. The first kappa shape index (κ1) is 8.15. The number of hydrogen-bond acceptors (Lipinski definition) is 2. The van der Waals surface area contributed by atoms with Crippen LogP contribution >= 0.6 is 18.4 Å². The van der Waals surface area contributed by atoms with Gasteiger partial charge in [-0.15, -0.1) is 11.4 Å². The van der Waals surface area contributed by atoms with E-state index >= 15 is 0 Å². The van der Waals surface area contributed by atoms with E-state index < -0.39 is 7.07 Å². The van der Waals surface area contributed by atoms with Gasteiger partial charge in [0.25, 0.3) is 0 Å². The van der Waals surface area contributed by atoms with Gasteiger partial charge in [0.15, 0.2) is 0 Å². The summed E-state index contributed by atoms with van der Waals surface area (Å²) in [6.45, 7) is 0. The van der Waals surface area contributed by atoms with Crippen LogP contribution in [0.3, 0.4) is 0 Å². The molecule has 4 atom stereocenters. The van der Waals surface area contributed by atoms with Gasteiger partial charge in [-0.1, -0.05) is 6.42 Å². The van der Waals surface area contributed by atoms with Crippen LogP contribution in [-0.4, -0.2) is 5.25 Å². The van der Waals surface area contributed by atoms with Gasteiger partial charge in [-0.05, 0) is 31.1 Å². The lowest BCUT2D eigenvalue weighted by molar-refractivity contribution is 0.493. The zero-order valence-electron chi connectivity index (χ0n) is 6.55. The topological polar surface area (TPSA) is 49.9 Å². The first-order valence-corrected chi connectivity index (χ1v) is 7.44. The number of nitrogens with two attached hydrogens (primary N) is 1. The molecule has 0 amide bonds. The smallest absolute Gasteiger partial charge is 0.0645 e. The van der Waals surface area contributed by atoms with Crippen molar-refractivity contribution in [2.45, 2.75) is 30.9 Å². The van der Waals surface area contributed by atoms with Crippen LogP contribution in [0.1, 0.15) is 25.7 Å². The van der Waals surface area contributed by atoms with E-state index in [-0.39, 0.29) is 0 Å². The van der Waals surface area contributed by atoms with Crippen LogP contribution in [0.4, 0.5) is 0 Å². The van der Waals surface area contributed by atoms with Crippen molar-refractivity contribution in [2.75, 3.05) is 0 Å². The standard InChI is InChI=1S/C7H15N2PS/c8-10(9)11-7-4-5-1-2-6(7)3-5/h5-7,10H,1-4H2,(H3,8,9). The lowest BCUT2D eigenvalue weighted by Gasteiger charge is -2.20. The van der Waals surface area contributed by atoms with E-state index in [1.54, 1.807) is 11.4 Å². The zero-order valence-corrected chi connectivity index (χ0v) is 8.36. The largest absolute Gasteiger partial charge is 0.297 e. The summed E-state index contributed by atoms with van der Waals surface area (Å²) in [6.07, 6.45) is 5.66. The molecule has 64 valence electrons. The molecule has 0 aromatic rings. The fourth-order valence-corrected chi connectivity index (χ4v) is 5.47. The van der Waals surface area contributed by atoms with Gasteiger partial charge in [-0.25, -0.2) is 0 Å². The summed E-state index contributed by atoms with van der Waals surface area (Å²) in [4.78, 5) is 0. The number of nitrogens with one attached hydrogen (secondary N) is 1. The Balaban J connectivity index is 1.92. The van der Waals surface area contributed by atoms with Crippen LogP contribution in [-0.2, 0) is 0 Å². The monoisotopic (exact) mass is 190 g/mol. The molecular weight excluding hydrogens is 175 g/mol. The van der Waals surface area contributed by atoms with Gasteiger partial charge in [0.05, 0.1) is 7.07 Å². The average molecular weight is 190 g/mol. The number of hydrogen-bond donors (Lipinski definition) is 2. The van der Waals surface area contributed by atoms with Crippen LogP contribution in [0.15, 0.2) is 0 Å². The third kappa shape index (κ3) is 1.66. The van der Waals surface area contributed by atoms with Gasteiger partial charge < -0.3 is 0 Å². The lowest BCUT2D eigenvalue weighted by Crippen LogP contribution is -2.11. The molecule has 0 spiro atoms. The normalized spacial score (nSPS) is 44.6. The summed E-state index contributed by atoms with van der Waals surface area (Å²) in [5.74, 6) is 1.93.